The molecule has 1 heterocycles. The minimum Gasteiger partial charge on any atom is -0.331 e. The quantitative estimate of drug-likeness (QED) is 0.699. The van der Waals surface area contributed by atoms with Crippen LogP contribution in [-0.4, -0.2) is 9.55 Å². The molecule has 1 atom stereocenters. The van der Waals surface area contributed by atoms with Crippen molar-refractivity contribution in [1.82, 2.24) is 9.55 Å². The number of nitrogens with two attached hydrogens (primary N) is 1. The second kappa shape index (κ2) is 3.05. The van der Waals surface area contributed by atoms with E-state index in [1.165, 1.54) is 0 Å². The van der Waals surface area contributed by atoms with E-state index in [0.29, 0.717) is 6.04 Å². The molecule has 3 heteroatoms. The van der Waals surface area contributed by atoms with Gasteiger partial charge in [-0.25, -0.2) is 4.98 Å². The van der Waals surface area contributed by atoms with Crippen molar-refractivity contribution in [2.45, 2.75) is 32.9 Å². The van der Waals surface area contributed by atoms with Gasteiger partial charge in [-0.3, -0.25) is 0 Å². The molecule has 1 rings (SSSR count). The molecule has 0 aliphatic rings. The summed E-state index contributed by atoms with van der Waals surface area (Å²) >= 11 is 0. The molecule has 11 heavy (non-hydrogen) atoms. The van der Waals surface area contributed by atoms with E-state index < -0.39 is 0 Å². The molecular formula is C8H15N3. The lowest BCUT2D eigenvalue weighted by Crippen LogP contribution is -2.12. The number of rotatable bonds is 2. The maximum atomic E-state index is 5.74. The van der Waals surface area contributed by atoms with Crippen LogP contribution in [0.25, 0.3) is 0 Å². The van der Waals surface area contributed by atoms with Crippen LogP contribution in [0.2, 0.25) is 0 Å². The van der Waals surface area contributed by atoms with E-state index in [-0.39, 0.29) is 6.04 Å². The van der Waals surface area contributed by atoms with E-state index in [1.54, 1.807) is 0 Å². The van der Waals surface area contributed by atoms with Gasteiger partial charge >= 0.3 is 0 Å². The first-order chi connectivity index (χ1) is 5.13. The summed E-state index contributed by atoms with van der Waals surface area (Å²) < 4.78 is 2.09. The Morgan fingerprint density at radius 1 is 1.45 bits per heavy atom. The largest absolute Gasteiger partial charge is 0.331 e. The predicted octanol–water partition coefficient (Wildman–Crippen LogP) is 1.48. The SMILES string of the molecule is CC(C)n1cncc1[C@@H](C)N. The molecule has 2 N–H and O–H groups in total. The minimum atomic E-state index is 0.0694. The highest BCUT2D eigenvalue weighted by molar-refractivity contribution is 5.04. The van der Waals surface area contributed by atoms with Crippen molar-refractivity contribution in [2.24, 2.45) is 5.73 Å². The van der Waals surface area contributed by atoms with Gasteiger partial charge in [0.15, 0.2) is 0 Å². The molecule has 0 saturated heterocycles. The summed E-state index contributed by atoms with van der Waals surface area (Å²) in [6, 6.07) is 0.512. The van der Waals surface area contributed by atoms with Crippen molar-refractivity contribution in [2.75, 3.05) is 0 Å². The number of nitrogens with zero attached hydrogens (tertiary/aromatic N) is 2. The normalized spacial score (nSPS) is 13.9. The Bertz CT molecular complexity index is 202. The third-order valence-corrected chi connectivity index (χ3v) is 1.72. The maximum Gasteiger partial charge on any atom is 0.0951 e. The summed E-state index contributed by atoms with van der Waals surface area (Å²) in [6.45, 7) is 6.21. The van der Waals surface area contributed by atoms with Crippen molar-refractivity contribution in [3.05, 3.63) is 18.2 Å². The van der Waals surface area contributed by atoms with Crippen molar-refractivity contribution < 1.29 is 0 Å². The summed E-state index contributed by atoms with van der Waals surface area (Å²) in [4.78, 5) is 4.05. The number of aromatic nitrogens is 2. The van der Waals surface area contributed by atoms with Crippen LogP contribution in [0.4, 0.5) is 0 Å². The second-order valence-electron chi connectivity index (χ2n) is 3.11. The Kier molecular flexibility index (Phi) is 2.29. The first kappa shape index (κ1) is 8.27. The molecule has 0 bridgehead atoms. The lowest BCUT2D eigenvalue weighted by Gasteiger charge is -2.13. The highest BCUT2D eigenvalue weighted by atomic mass is 15.1. The van der Waals surface area contributed by atoms with Gasteiger partial charge in [-0.15, -0.1) is 0 Å². The van der Waals surface area contributed by atoms with Crippen LogP contribution in [0, 0.1) is 0 Å². The van der Waals surface area contributed by atoms with E-state index in [0.717, 1.165) is 5.69 Å². The van der Waals surface area contributed by atoms with E-state index in [9.17, 15) is 0 Å². The fourth-order valence-electron chi connectivity index (χ4n) is 1.10. The average Bonchev–Trinajstić information content (AvgIpc) is 2.32. The van der Waals surface area contributed by atoms with Crippen molar-refractivity contribution in [3.8, 4) is 0 Å². The van der Waals surface area contributed by atoms with Crippen LogP contribution in [0.15, 0.2) is 12.5 Å². The Hall–Kier alpha value is -0.830. The average molecular weight is 153 g/mol. The summed E-state index contributed by atoms with van der Waals surface area (Å²) in [7, 11) is 0. The van der Waals surface area contributed by atoms with Crippen LogP contribution >= 0.6 is 0 Å². The Morgan fingerprint density at radius 3 is 2.45 bits per heavy atom. The second-order valence-corrected chi connectivity index (χ2v) is 3.11. The molecule has 0 saturated carbocycles. The van der Waals surface area contributed by atoms with Gasteiger partial charge in [0.05, 0.1) is 12.0 Å². The highest BCUT2D eigenvalue weighted by Crippen LogP contribution is 2.13. The van der Waals surface area contributed by atoms with Gasteiger partial charge in [0.2, 0.25) is 0 Å². The van der Waals surface area contributed by atoms with Gasteiger partial charge in [-0.1, -0.05) is 0 Å². The van der Waals surface area contributed by atoms with Crippen LogP contribution < -0.4 is 5.73 Å². The standard InChI is InChI=1S/C8H15N3/c1-6(2)11-5-10-4-8(11)7(3)9/h4-7H,9H2,1-3H3/t7-/m1/s1. The van der Waals surface area contributed by atoms with Crippen molar-refractivity contribution >= 4 is 0 Å². The lowest BCUT2D eigenvalue weighted by atomic mass is 10.2. The number of hydrogen-bond acceptors (Lipinski definition) is 2. The third-order valence-electron chi connectivity index (χ3n) is 1.72. The van der Waals surface area contributed by atoms with Crippen molar-refractivity contribution in [3.63, 3.8) is 0 Å². The fourth-order valence-corrected chi connectivity index (χ4v) is 1.10. The Labute approximate surface area is 67.2 Å². The molecule has 0 aliphatic heterocycles. The monoisotopic (exact) mass is 153 g/mol. The topological polar surface area (TPSA) is 43.8 Å². The zero-order chi connectivity index (χ0) is 8.43. The van der Waals surface area contributed by atoms with Crippen LogP contribution in [-0.2, 0) is 0 Å². The molecule has 1 aromatic rings. The molecule has 0 spiro atoms. The van der Waals surface area contributed by atoms with Crippen molar-refractivity contribution in [1.29, 1.82) is 0 Å². The lowest BCUT2D eigenvalue weighted by molar-refractivity contribution is 0.553. The van der Waals surface area contributed by atoms with Gasteiger partial charge in [0.1, 0.15) is 0 Å². The zero-order valence-corrected chi connectivity index (χ0v) is 7.28. The summed E-state index contributed by atoms with van der Waals surface area (Å²) in [5.41, 5.74) is 6.83. The first-order valence-corrected chi connectivity index (χ1v) is 3.90. The number of imidazole rings is 1. The molecular weight excluding hydrogens is 138 g/mol. The van der Waals surface area contributed by atoms with Gasteiger partial charge in [0.25, 0.3) is 0 Å². The molecule has 0 aliphatic carbocycles. The van der Waals surface area contributed by atoms with E-state index in [2.05, 4.69) is 23.4 Å². The molecule has 62 valence electrons. The molecule has 0 amide bonds. The first-order valence-electron chi connectivity index (χ1n) is 3.90. The molecule has 0 aromatic carbocycles. The molecule has 0 unspecified atom stereocenters. The predicted molar refractivity (Wildman–Crippen MR) is 45.2 cm³/mol. The van der Waals surface area contributed by atoms with Crippen LogP contribution in [0.5, 0.6) is 0 Å². The van der Waals surface area contributed by atoms with E-state index >= 15 is 0 Å². The summed E-state index contributed by atoms with van der Waals surface area (Å²) in [5.74, 6) is 0. The third kappa shape index (κ3) is 1.60. The Morgan fingerprint density at radius 2 is 2.09 bits per heavy atom. The van der Waals surface area contributed by atoms with Crippen LogP contribution in [0.3, 0.4) is 0 Å². The molecule has 3 nitrogen and oxygen atoms in total. The summed E-state index contributed by atoms with van der Waals surface area (Å²) in [6.07, 6.45) is 3.65. The highest BCUT2D eigenvalue weighted by Gasteiger charge is 2.07. The van der Waals surface area contributed by atoms with Gasteiger partial charge < -0.3 is 10.3 Å². The van der Waals surface area contributed by atoms with Gasteiger partial charge in [0, 0.05) is 18.3 Å². The number of hydrogen-bond donors (Lipinski definition) is 1. The molecule has 0 radical (unpaired) electrons. The summed E-state index contributed by atoms with van der Waals surface area (Å²) in [5, 5.41) is 0. The Balaban J connectivity index is 2.96. The smallest absolute Gasteiger partial charge is 0.0951 e. The fraction of sp³-hybridized carbons (Fsp3) is 0.625. The van der Waals surface area contributed by atoms with Gasteiger partial charge in [-0.05, 0) is 20.8 Å². The van der Waals surface area contributed by atoms with Crippen LogP contribution in [0.1, 0.15) is 38.5 Å². The minimum absolute atomic E-state index is 0.0694. The maximum absolute atomic E-state index is 5.74. The van der Waals surface area contributed by atoms with Gasteiger partial charge in [-0.2, -0.15) is 0 Å². The van der Waals surface area contributed by atoms with E-state index in [4.69, 9.17) is 5.73 Å². The zero-order valence-electron chi connectivity index (χ0n) is 7.28. The van der Waals surface area contributed by atoms with E-state index in [1.807, 2.05) is 19.4 Å². The molecule has 1 aromatic heterocycles. The molecule has 0 fully saturated rings.